The second-order valence-corrected chi connectivity index (χ2v) is 3.99. The maximum absolute atomic E-state index is 13.4. The first-order valence-corrected chi connectivity index (χ1v) is 5.64. The topological polar surface area (TPSA) is 72.2 Å². The van der Waals surface area contributed by atoms with Crippen LogP contribution in [0.25, 0.3) is 0 Å². The first-order chi connectivity index (χ1) is 9.49. The van der Waals surface area contributed by atoms with Gasteiger partial charge in [0, 0.05) is 5.69 Å². The van der Waals surface area contributed by atoms with Gasteiger partial charge in [-0.25, -0.2) is 8.78 Å². The Labute approximate surface area is 113 Å². The number of benzene rings is 2. The van der Waals surface area contributed by atoms with Gasteiger partial charge in [-0.15, -0.1) is 0 Å². The fourth-order valence-electron chi connectivity index (χ4n) is 1.64. The minimum absolute atomic E-state index is 0.147. The molecule has 0 radical (unpaired) electrons. The van der Waals surface area contributed by atoms with E-state index >= 15 is 0 Å². The zero-order valence-corrected chi connectivity index (χ0v) is 10.2. The number of hydrogen-bond acceptors (Lipinski definition) is 2. The highest BCUT2D eigenvalue weighted by molar-refractivity contribution is 6.05. The van der Waals surface area contributed by atoms with Crippen LogP contribution in [0.2, 0.25) is 0 Å². The summed E-state index contributed by atoms with van der Waals surface area (Å²) in [6.07, 6.45) is 0. The largest absolute Gasteiger partial charge is 0.366 e. The van der Waals surface area contributed by atoms with Crippen molar-refractivity contribution in [2.24, 2.45) is 5.73 Å². The third-order valence-corrected chi connectivity index (χ3v) is 2.61. The molecule has 4 nitrogen and oxygen atoms in total. The number of anilines is 1. The molecule has 0 aliphatic heterocycles. The van der Waals surface area contributed by atoms with Crippen molar-refractivity contribution in [3.8, 4) is 0 Å². The molecule has 0 atom stereocenters. The lowest BCUT2D eigenvalue weighted by molar-refractivity contribution is 0.0992. The second kappa shape index (κ2) is 5.48. The van der Waals surface area contributed by atoms with Crippen LogP contribution in [0.4, 0.5) is 14.5 Å². The van der Waals surface area contributed by atoms with Gasteiger partial charge < -0.3 is 11.1 Å². The molecule has 0 saturated heterocycles. The van der Waals surface area contributed by atoms with Gasteiger partial charge in [-0.3, -0.25) is 9.59 Å². The van der Waals surface area contributed by atoms with Gasteiger partial charge in [0.1, 0.15) is 11.6 Å². The van der Waals surface area contributed by atoms with E-state index in [0.29, 0.717) is 0 Å². The lowest BCUT2D eigenvalue weighted by Crippen LogP contribution is -2.16. The molecule has 0 aliphatic rings. The fourth-order valence-corrected chi connectivity index (χ4v) is 1.64. The Morgan fingerprint density at radius 1 is 0.950 bits per heavy atom. The normalized spacial score (nSPS) is 10.1. The van der Waals surface area contributed by atoms with Crippen molar-refractivity contribution < 1.29 is 18.4 Å². The summed E-state index contributed by atoms with van der Waals surface area (Å²) >= 11 is 0. The fraction of sp³-hybridized carbons (Fsp3) is 0. The number of nitrogens with two attached hydrogens (primary N) is 1. The molecule has 2 amide bonds. The number of hydrogen-bond donors (Lipinski definition) is 2. The van der Waals surface area contributed by atoms with Crippen LogP contribution >= 0.6 is 0 Å². The van der Waals surface area contributed by atoms with E-state index < -0.39 is 23.4 Å². The minimum Gasteiger partial charge on any atom is -0.366 e. The van der Waals surface area contributed by atoms with Crippen LogP contribution in [0, 0.1) is 11.6 Å². The summed E-state index contributed by atoms with van der Waals surface area (Å²) in [5, 5.41) is 2.37. The highest BCUT2D eigenvalue weighted by Gasteiger charge is 2.13. The molecule has 2 aromatic rings. The smallest absolute Gasteiger partial charge is 0.258 e. The van der Waals surface area contributed by atoms with E-state index in [1.165, 1.54) is 24.3 Å². The summed E-state index contributed by atoms with van der Waals surface area (Å²) in [6, 6.07) is 8.76. The highest BCUT2D eigenvalue weighted by Crippen LogP contribution is 2.16. The molecule has 20 heavy (non-hydrogen) atoms. The molecule has 6 heteroatoms. The number of halogens is 2. The van der Waals surface area contributed by atoms with E-state index in [0.717, 1.165) is 18.2 Å². The molecule has 2 rings (SSSR count). The Hall–Kier alpha value is -2.76. The molecule has 0 heterocycles. The SMILES string of the molecule is NC(=O)c1cc(NC(=O)c2ccccc2F)ccc1F. The third-order valence-electron chi connectivity index (χ3n) is 2.61. The van der Waals surface area contributed by atoms with Crippen LogP contribution in [0.15, 0.2) is 42.5 Å². The van der Waals surface area contributed by atoms with Crippen LogP contribution in [-0.4, -0.2) is 11.8 Å². The van der Waals surface area contributed by atoms with Crippen LogP contribution < -0.4 is 11.1 Å². The highest BCUT2D eigenvalue weighted by atomic mass is 19.1. The molecule has 0 spiro atoms. The first kappa shape index (κ1) is 13.7. The zero-order chi connectivity index (χ0) is 14.7. The van der Waals surface area contributed by atoms with Gasteiger partial charge in [-0.2, -0.15) is 0 Å². The van der Waals surface area contributed by atoms with Crippen molar-refractivity contribution in [1.29, 1.82) is 0 Å². The van der Waals surface area contributed by atoms with E-state index in [1.54, 1.807) is 0 Å². The van der Waals surface area contributed by atoms with Crippen molar-refractivity contribution in [3.63, 3.8) is 0 Å². The second-order valence-electron chi connectivity index (χ2n) is 3.99. The maximum Gasteiger partial charge on any atom is 0.258 e. The molecule has 102 valence electrons. The first-order valence-electron chi connectivity index (χ1n) is 5.64. The van der Waals surface area contributed by atoms with Gasteiger partial charge >= 0.3 is 0 Å². The van der Waals surface area contributed by atoms with E-state index in [9.17, 15) is 18.4 Å². The summed E-state index contributed by atoms with van der Waals surface area (Å²) in [7, 11) is 0. The number of amides is 2. The van der Waals surface area contributed by atoms with Crippen LogP contribution in [0.3, 0.4) is 0 Å². The molecule has 2 aromatic carbocycles. The summed E-state index contributed by atoms with van der Waals surface area (Å²) in [6.45, 7) is 0. The number of nitrogens with one attached hydrogen (secondary N) is 1. The Bertz CT molecular complexity index is 687. The van der Waals surface area contributed by atoms with Crippen molar-refractivity contribution in [2.45, 2.75) is 0 Å². The third kappa shape index (κ3) is 2.80. The maximum atomic E-state index is 13.4. The molecule has 0 aromatic heterocycles. The number of rotatable bonds is 3. The molecular weight excluding hydrogens is 266 g/mol. The van der Waals surface area contributed by atoms with Crippen molar-refractivity contribution in [2.75, 3.05) is 5.32 Å². The van der Waals surface area contributed by atoms with Crippen molar-refractivity contribution in [1.82, 2.24) is 0 Å². The Kier molecular flexibility index (Phi) is 3.74. The van der Waals surface area contributed by atoms with Crippen LogP contribution in [0.5, 0.6) is 0 Å². The number of primary amides is 1. The summed E-state index contributed by atoms with van der Waals surface area (Å²) < 4.78 is 26.7. The standard InChI is InChI=1S/C14H10F2N2O2/c15-11-4-2-1-3-9(11)14(20)18-8-5-6-12(16)10(7-8)13(17)19/h1-7H,(H2,17,19)(H,18,20). The molecule has 0 unspecified atom stereocenters. The Morgan fingerprint density at radius 2 is 1.60 bits per heavy atom. The Morgan fingerprint density at radius 3 is 2.25 bits per heavy atom. The summed E-state index contributed by atoms with van der Waals surface area (Å²) in [4.78, 5) is 22.8. The lowest BCUT2D eigenvalue weighted by atomic mass is 10.1. The van der Waals surface area contributed by atoms with Gasteiger partial charge in [0.25, 0.3) is 11.8 Å². The molecule has 0 saturated carbocycles. The van der Waals surface area contributed by atoms with Crippen LogP contribution in [0.1, 0.15) is 20.7 Å². The summed E-state index contributed by atoms with van der Waals surface area (Å²) in [5.74, 6) is -3.13. The molecular formula is C14H10F2N2O2. The van der Waals surface area contributed by atoms with E-state index in [1.807, 2.05) is 0 Å². The van der Waals surface area contributed by atoms with Gasteiger partial charge in [-0.1, -0.05) is 12.1 Å². The molecule has 0 bridgehead atoms. The van der Waals surface area contributed by atoms with E-state index in [2.05, 4.69) is 5.32 Å². The van der Waals surface area contributed by atoms with Crippen molar-refractivity contribution in [3.05, 3.63) is 65.2 Å². The number of carbonyl (C=O) groups excluding carboxylic acids is 2. The van der Waals surface area contributed by atoms with Crippen molar-refractivity contribution >= 4 is 17.5 Å². The van der Waals surface area contributed by atoms with Crippen LogP contribution in [-0.2, 0) is 0 Å². The number of carbonyl (C=O) groups is 2. The zero-order valence-electron chi connectivity index (χ0n) is 10.2. The van der Waals surface area contributed by atoms with E-state index in [4.69, 9.17) is 5.73 Å². The van der Waals surface area contributed by atoms with Gasteiger partial charge in [0.2, 0.25) is 0 Å². The quantitative estimate of drug-likeness (QED) is 0.903. The molecule has 3 N–H and O–H groups in total. The Balaban J connectivity index is 2.27. The van der Waals surface area contributed by atoms with Gasteiger partial charge in [0.05, 0.1) is 11.1 Å². The predicted octanol–water partition coefficient (Wildman–Crippen LogP) is 2.32. The average Bonchev–Trinajstić information content (AvgIpc) is 2.41. The van der Waals surface area contributed by atoms with E-state index in [-0.39, 0.29) is 16.8 Å². The average molecular weight is 276 g/mol. The predicted molar refractivity (Wildman–Crippen MR) is 69.3 cm³/mol. The van der Waals surface area contributed by atoms with Gasteiger partial charge in [-0.05, 0) is 30.3 Å². The summed E-state index contributed by atoms with van der Waals surface area (Å²) in [5.41, 5.74) is 4.64. The molecule has 0 aliphatic carbocycles. The van der Waals surface area contributed by atoms with Gasteiger partial charge in [0.15, 0.2) is 0 Å². The monoisotopic (exact) mass is 276 g/mol. The molecule has 0 fully saturated rings. The lowest BCUT2D eigenvalue weighted by Gasteiger charge is -2.07. The minimum atomic E-state index is -0.954.